The number of para-hydroxylation sites is 1. The molecule has 2 heterocycles. The maximum atomic E-state index is 12.6. The van der Waals surface area contributed by atoms with E-state index < -0.39 is 6.03 Å². The zero-order valence-corrected chi connectivity index (χ0v) is 17.7. The van der Waals surface area contributed by atoms with Gasteiger partial charge < -0.3 is 24.6 Å². The fourth-order valence-corrected chi connectivity index (χ4v) is 3.61. The summed E-state index contributed by atoms with van der Waals surface area (Å²) >= 11 is 1.55. The van der Waals surface area contributed by atoms with Crippen molar-refractivity contribution in [2.75, 3.05) is 24.9 Å². The molecule has 0 spiro atoms. The van der Waals surface area contributed by atoms with Crippen LogP contribution in [0.5, 0.6) is 11.5 Å². The quantitative estimate of drug-likeness (QED) is 0.421. The third-order valence-electron chi connectivity index (χ3n) is 4.43. The standard InChI is InChI=1S/C22H20N4O4S/c1-28-16-11-15(12-17(13-16)29-2)23-22(27)24-18-7-4-3-6-14(18)10-20-25-21(26-30-20)19-8-5-9-31-19/h3-9,11-13H,10H2,1-2H3,(H2,23,24,27). The van der Waals surface area contributed by atoms with Crippen LogP contribution < -0.4 is 20.1 Å². The van der Waals surface area contributed by atoms with Crippen molar-refractivity contribution >= 4 is 28.7 Å². The molecule has 31 heavy (non-hydrogen) atoms. The molecule has 8 nitrogen and oxygen atoms in total. The molecule has 2 aromatic carbocycles. The van der Waals surface area contributed by atoms with Crippen molar-refractivity contribution in [3.05, 3.63) is 71.4 Å². The van der Waals surface area contributed by atoms with Gasteiger partial charge >= 0.3 is 6.03 Å². The summed E-state index contributed by atoms with van der Waals surface area (Å²) in [6.45, 7) is 0. The maximum Gasteiger partial charge on any atom is 0.323 e. The van der Waals surface area contributed by atoms with Crippen molar-refractivity contribution in [3.8, 4) is 22.2 Å². The monoisotopic (exact) mass is 436 g/mol. The molecule has 158 valence electrons. The zero-order valence-electron chi connectivity index (χ0n) is 16.9. The number of methoxy groups -OCH3 is 2. The number of carbonyl (C=O) groups excluding carboxylic acids is 1. The van der Waals surface area contributed by atoms with Crippen molar-refractivity contribution in [1.29, 1.82) is 0 Å². The molecule has 0 saturated carbocycles. The first-order valence-corrected chi connectivity index (χ1v) is 10.3. The van der Waals surface area contributed by atoms with E-state index in [1.54, 1.807) is 43.8 Å². The molecule has 4 aromatic rings. The molecule has 0 atom stereocenters. The summed E-state index contributed by atoms with van der Waals surface area (Å²) in [7, 11) is 3.10. The fraction of sp³-hybridized carbons (Fsp3) is 0.136. The molecule has 0 fully saturated rings. The van der Waals surface area contributed by atoms with Crippen molar-refractivity contribution in [2.24, 2.45) is 0 Å². The lowest BCUT2D eigenvalue weighted by atomic mass is 10.1. The van der Waals surface area contributed by atoms with Crippen LogP contribution >= 0.6 is 11.3 Å². The first kappa shape index (κ1) is 20.4. The second-order valence-corrected chi connectivity index (χ2v) is 7.45. The number of rotatable bonds is 7. The van der Waals surface area contributed by atoms with Gasteiger partial charge in [0.25, 0.3) is 0 Å². The van der Waals surface area contributed by atoms with E-state index in [4.69, 9.17) is 14.0 Å². The Morgan fingerprint density at radius 3 is 2.52 bits per heavy atom. The number of benzene rings is 2. The van der Waals surface area contributed by atoms with E-state index in [9.17, 15) is 4.79 Å². The topological polar surface area (TPSA) is 98.5 Å². The lowest BCUT2D eigenvalue weighted by Crippen LogP contribution is -2.20. The van der Waals surface area contributed by atoms with Crippen LogP contribution in [0.2, 0.25) is 0 Å². The lowest BCUT2D eigenvalue weighted by Gasteiger charge is -2.12. The van der Waals surface area contributed by atoms with Gasteiger partial charge in [0, 0.05) is 29.6 Å². The van der Waals surface area contributed by atoms with Gasteiger partial charge in [-0.25, -0.2) is 4.79 Å². The minimum Gasteiger partial charge on any atom is -0.497 e. The van der Waals surface area contributed by atoms with E-state index in [0.717, 1.165) is 10.4 Å². The molecular weight excluding hydrogens is 416 g/mol. The molecule has 2 N–H and O–H groups in total. The number of nitrogens with zero attached hydrogens (tertiary/aromatic N) is 2. The van der Waals surface area contributed by atoms with Gasteiger partial charge in [-0.05, 0) is 23.1 Å². The van der Waals surface area contributed by atoms with Gasteiger partial charge in [-0.2, -0.15) is 4.98 Å². The highest BCUT2D eigenvalue weighted by atomic mass is 32.1. The first-order chi connectivity index (χ1) is 15.1. The number of urea groups is 1. The smallest absolute Gasteiger partial charge is 0.323 e. The summed E-state index contributed by atoms with van der Waals surface area (Å²) in [6.07, 6.45) is 0.391. The number of anilines is 2. The molecule has 0 aliphatic rings. The molecule has 0 bridgehead atoms. The average molecular weight is 436 g/mol. The van der Waals surface area contributed by atoms with Crippen molar-refractivity contribution < 1.29 is 18.8 Å². The highest BCUT2D eigenvalue weighted by Crippen LogP contribution is 2.27. The maximum absolute atomic E-state index is 12.6. The number of amides is 2. The van der Waals surface area contributed by atoms with Crippen LogP contribution in [-0.4, -0.2) is 30.4 Å². The molecule has 0 unspecified atom stereocenters. The van der Waals surface area contributed by atoms with Gasteiger partial charge in [-0.1, -0.05) is 29.4 Å². The number of aromatic nitrogens is 2. The molecule has 0 aliphatic heterocycles. The molecule has 0 radical (unpaired) electrons. The number of carbonyl (C=O) groups is 1. The second kappa shape index (κ2) is 9.31. The fourth-order valence-electron chi connectivity index (χ4n) is 2.96. The molecule has 2 aromatic heterocycles. The van der Waals surface area contributed by atoms with Crippen molar-refractivity contribution in [3.63, 3.8) is 0 Å². The third-order valence-corrected chi connectivity index (χ3v) is 5.29. The minimum absolute atomic E-state index is 0.391. The Hall–Kier alpha value is -3.85. The summed E-state index contributed by atoms with van der Waals surface area (Å²) in [6, 6.07) is 16.1. The Balaban J connectivity index is 1.47. The predicted octanol–water partition coefficient (Wildman–Crippen LogP) is 5.05. The number of thiophene rings is 1. The molecule has 0 saturated heterocycles. The minimum atomic E-state index is -0.396. The number of nitrogens with one attached hydrogen (secondary N) is 2. The summed E-state index contributed by atoms with van der Waals surface area (Å²) in [5.41, 5.74) is 2.04. The van der Waals surface area contributed by atoms with Crippen LogP contribution in [0.15, 0.2) is 64.5 Å². The second-order valence-electron chi connectivity index (χ2n) is 6.50. The molecule has 0 aliphatic carbocycles. The Morgan fingerprint density at radius 1 is 1.03 bits per heavy atom. The predicted molar refractivity (Wildman–Crippen MR) is 119 cm³/mol. The van der Waals surface area contributed by atoms with Gasteiger partial charge in [-0.15, -0.1) is 11.3 Å². The molecule has 9 heteroatoms. The number of hydrogen-bond acceptors (Lipinski definition) is 7. The normalized spacial score (nSPS) is 10.5. The van der Waals surface area contributed by atoms with Gasteiger partial charge in [0.05, 0.1) is 25.5 Å². The summed E-state index contributed by atoms with van der Waals surface area (Å²) in [4.78, 5) is 18.0. The Kier molecular flexibility index (Phi) is 6.13. The molecular formula is C22H20N4O4S. The zero-order chi connectivity index (χ0) is 21.6. The number of ether oxygens (including phenoxy) is 2. The first-order valence-electron chi connectivity index (χ1n) is 9.40. The van der Waals surface area contributed by atoms with Crippen LogP contribution in [0.3, 0.4) is 0 Å². The summed E-state index contributed by atoms with van der Waals surface area (Å²) < 4.78 is 15.9. The van der Waals surface area contributed by atoms with Crippen LogP contribution in [0.25, 0.3) is 10.7 Å². The average Bonchev–Trinajstić information content (AvgIpc) is 3.47. The van der Waals surface area contributed by atoms with E-state index >= 15 is 0 Å². The Morgan fingerprint density at radius 2 is 1.81 bits per heavy atom. The van der Waals surface area contributed by atoms with E-state index in [2.05, 4.69) is 20.8 Å². The Labute approximate surface area is 182 Å². The van der Waals surface area contributed by atoms with Gasteiger partial charge in [0.1, 0.15) is 11.5 Å². The summed E-state index contributed by atoms with van der Waals surface area (Å²) in [5, 5.41) is 11.7. The van der Waals surface area contributed by atoms with E-state index in [1.807, 2.05) is 41.8 Å². The van der Waals surface area contributed by atoms with Gasteiger partial charge in [0.2, 0.25) is 11.7 Å². The molecule has 4 rings (SSSR count). The van der Waals surface area contributed by atoms with Crippen LogP contribution in [0, 0.1) is 0 Å². The molecule has 2 amide bonds. The largest absolute Gasteiger partial charge is 0.497 e. The number of hydrogen-bond donors (Lipinski definition) is 2. The van der Waals surface area contributed by atoms with Crippen LogP contribution in [-0.2, 0) is 6.42 Å². The van der Waals surface area contributed by atoms with Crippen LogP contribution in [0.1, 0.15) is 11.5 Å². The van der Waals surface area contributed by atoms with Gasteiger partial charge in [-0.3, -0.25) is 0 Å². The van der Waals surface area contributed by atoms with Crippen molar-refractivity contribution in [1.82, 2.24) is 10.1 Å². The lowest BCUT2D eigenvalue weighted by molar-refractivity contribution is 0.262. The van der Waals surface area contributed by atoms with Gasteiger partial charge in [0.15, 0.2) is 0 Å². The Bertz CT molecular complexity index is 1150. The third kappa shape index (κ3) is 5.01. The highest BCUT2D eigenvalue weighted by molar-refractivity contribution is 7.13. The SMILES string of the molecule is COc1cc(NC(=O)Nc2ccccc2Cc2nc(-c3cccs3)no2)cc(OC)c1. The van der Waals surface area contributed by atoms with E-state index in [-0.39, 0.29) is 0 Å². The van der Waals surface area contributed by atoms with Crippen molar-refractivity contribution in [2.45, 2.75) is 6.42 Å². The van der Waals surface area contributed by atoms with E-state index in [0.29, 0.717) is 41.0 Å². The highest BCUT2D eigenvalue weighted by Gasteiger charge is 2.14. The van der Waals surface area contributed by atoms with E-state index in [1.165, 1.54) is 0 Å². The van der Waals surface area contributed by atoms with Crippen LogP contribution in [0.4, 0.5) is 16.2 Å². The summed E-state index contributed by atoms with van der Waals surface area (Å²) in [5.74, 6) is 2.18.